The molecule has 8 heteroatoms. The number of fused-ring (bicyclic) bond motifs is 1. The highest BCUT2D eigenvalue weighted by atomic mass is 16.4. The Labute approximate surface area is 213 Å². The Morgan fingerprint density at radius 3 is 2.54 bits per heavy atom. The Kier molecular flexibility index (Phi) is 6.01. The fourth-order valence-corrected chi connectivity index (χ4v) is 4.46. The molecule has 0 bridgehead atoms. The first-order chi connectivity index (χ1) is 17.7. The van der Waals surface area contributed by atoms with E-state index in [9.17, 15) is 14.7 Å². The Hall–Kier alpha value is -4.85. The second kappa shape index (κ2) is 9.31. The summed E-state index contributed by atoms with van der Waals surface area (Å²) in [5, 5.41) is 17.9. The first-order valence-corrected chi connectivity index (χ1v) is 11.8. The number of nitrogen functional groups attached to an aromatic ring is 1. The van der Waals surface area contributed by atoms with Crippen molar-refractivity contribution in [2.24, 2.45) is 0 Å². The molecule has 2 heterocycles. The monoisotopic (exact) mass is 494 g/mol. The van der Waals surface area contributed by atoms with Gasteiger partial charge in [0, 0.05) is 29.2 Å². The van der Waals surface area contributed by atoms with Gasteiger partial charge in [0.25, 0.3) is 0 Å². The number of benzene rings is 3. The van der Waals surface area contributed by atoms with Gasteiger partial charge in [0.1, 0.15) is 11.3 Å². The molecule has 0 aliphatic carbocycles. The number of nitrogens with two attached hydrogens (primary N) is 1. The van der Waals surface area contributed by atoms with E-state index in [0.717, 1.165) is 16.8 Å². The van der Waals surface area contributed by atoms with E-state index < -0.39 is 5.97 Å². The molecule has 3 aromatic carbocycles. The number of nitrogens with zero attached hydrogens (tertiary/aromatic N) is 2. The number of aromatic nitrogens is 2. The standard InChI is InChI=1S/C29H26N4O4/c1-16-12-22(17(2)31-25-7-5-4-6-21(25)29(35)36)28-23(13-16)26(34)14-27(37-28)24-15-33(32-18(24)3)20-10-8-19(30)9-11-20/h4-15,17,31H,30H2,1-3H3,(H,35,36). The highest BCUT2D eigenvalue weighted by Gasteiger charge is 2.20. The van der Waals surface area contributed by atoms with Crippen molar-refractivity contribution in [3.63, 3.8) is 0 Å². The van der Waals surface area contributed by atoms with Gasteiger partial charge in [0.15, 0.2) is 5.43 Å². The molecule has 4 N–H and O–H groups in total. The number of carboxylic acid groups (broad SMARTS) is 1. The topological polar surface area (TPSA) is 123 Å². The van der Waals surface area contributed by atoms with Crippen LogP contribution in [-0.2, 0) is 0 Å². The first-order valence-electron chi connectivity index (χ1n) is 11.8. The number of carboxylic acids is 1. The van der Waals surface area contributed by atoms with E-state index in [1.165, 1.54) is 6.07 Å². The molecule has 0 fully saturated rings. The van der Waals surface area contributed by atoms with Crippen molar-refractivity contribution in [1.82, 2.24) is 9.78 Å². The number of anilines is 2. The van der Waals surface area contributed by atoms with Crippen LogP contribution in [0.1, 0.15) is 40.1 Å². The lowest BCUT2D eigenvalue weighted by Crippen LogP contribution is -2.12. The molecule has 5 aromatic rings. The summed E-state index contributed by atoms with van der Waals surface area (Å²) in [6.07, 6.45) is 1.82. The van der Waals surface area contributed by atoms with Crippen molar-refractivity contribution >= 4 is 28.3 Å². The van der Waals surface area contributed by atoms with Crippen LogP contribution in [0.25, 0.3) is 28.0 Å². The van der Waals surface area contributed by atoms with Gasteiger partial charge < -0.3 is 20.6 Å². The van der Waals surface area contributed by atoms with E-state index in [1.54, 1.807) is 47.1 Å². The largest absolute Gasteiger partial charge is 0.478 e. The lowest BCUT2D eigenvalue weighted by molar-refractivity contribution is 0.0698. The molecule has 0 saturated carbocycles. The summed E-state index contributed by atoms with van der Waals surface area (Å²) in [5.74, 6) is -0.619. The van der Waals surface area contributed by atoms with Crippen molar-refractivity contribution in [3.05, 3.63) is 106 Å². The van der Waals surface area contributed by atoms with Gasteiger partial charge in [-0.25, -0.2) is 9.48 Å². The number of carbonyl (C=O) groups is 1. The SMILES string of the molecule is Cc1cc(C(C)Nc2ccccc2C(=O)O)c2oc(-c3cn(-c4ccc(N)cc4)nc3C)cc(=O)c2c1. The van der Waals surface area contributed by atoms with Gasteiger partial charge in [-0.15, -0.1) is 0 Å². The summed E-state index contributed by atoms with van der Waals surface area (Å²) >= 11 is 0. The van der Waals surface area contributed by atoms with Crippen LogP contribution in [0.5, 0.6) is 0 Å². The van der Waals surface area contributed by atoms with Crippen LogP contribution in [-0.4, -0.2) is 20.9 Å². The van der Waals surface area contributed by atoms with Gasteiger partial charge in [0.05, 0.1) is 33.9 Å². The summed E-state index contributed by atoms with van der Waals surface area (Å²) < 4.78 is 8.09. The third-order valence-electron chi connectivity index (χ3n) is 6.32. The maximum Gasteiger partial charge on any atom is 0.337 e. The fraction of sp³-hybridized carbons (Fsp3) is 0.138. The number of aryl methyl sites for hydroxylation is 2. The smallest absolute Gasteiger partial charge is 0.337 e. The molecule has 0 saturated heterocycles. The molecule has 1 unspecified atom stereocenters. The molecule has 1 atom stereocenters. The van der Waals surface area contributed by atoms with Crippen molar-refractivity contribution in [2.75, 3.05) is 11.1 Å². The predicted molar refractivity (Wildman–Crippen MR) is 144 cm³/mol. The minimum absolute atomic E-state index is 0.166. The number of aromatic carboxylic acids is 1. The molecule has 2 aromatic heterocycles. The van der Waals surface area contributed by atoms with Crippen molar-refractivity contribution in [3.8, 4) is 17.0 Å². The molecule has 0 amide bonds. The van der Waals surface area contributed by atoms with Gasteiger partial charge in [0.2, 0.25) is 0 Å². The number of nitrogens with one attached hydrogen (secondary N) is 1. The van der Waals surface area contributed by atoms with Crippen LogP contribution in [0.2, 0.25) is 0 Å². The molecular weight excluding hydrogens is 468 g/mol. The average molecular weight is 495 g/mol. The minimum Gasteiger partial charge on any atom is -0.478 e. The Bertz CT molecular complexity index is 1700. The van der Waals surface area contributed by atoms with Crippen LogP contribution in [0, 0.1) is 13.8 Å². The fourth-order valence-electron chi connectivity index (χ4n) is 4.46. The van der Waals surface area contributed by atoms with E-state index >= 15 is 0 Å². The van der Waals surface area contributed by atoms with Crippen LogP contribution >= 0.6 is 0 Å². The van der Waals surface area contributed by atoms with Crippen LogP contribution in [0.3, 0.4) is 0 Å². The minimum atomic E-state index is -1.02. The molecule has 0 aliphatic heterocycles. The molecule has 0 spiro atoms. The summed E-state index contributed by atoms with van der Waals surface area (Å²) in [4.78, 5) is 24.9. The molecule has 37 heavy (non-hydrogen) atoms. The van der Waals surface area contributed by atoms with Gasteiger partial charge in [-0.1, -0.05) is 18.2 Å². The molecule has 8 nitrogen and oxygen atoms in total. The molecule has 186 valence electrons. The van der Waals surface area contributed by atoms with E-state index in [1.807, 2.05) is 45.2 Å². The van der Waals surface area contributed by atoms with E-state index in [4.69, 9.17) is 10.2 Å². The van der Waals surface area contributed by atoms with Crippen molar-refractivity contribution in [2.45, 2.75) is 26.8 Å². The van der Waals surface area contributed by atoms with Crippen LogP contribution in [0.15, 0.2) is 82.1 Å². The maximum absolute atomic E-state index is 13.2. The van der Waals surface area contributed by atoms with Gasteiger partial charge in [-0.3, -0.25) is 4.79 Å². The Balaban J connectivity index is 1.61. The van der Waals surface area contributed by atoms with Crippen LogP contribution in [0.4, 0.5) is 11.4 Å². The number of para-hydroxylation sites is 1. The predicted octanol–water partition coefficient (Wildman–Crippen LogP) is 5.72. The first kappa shape index (κ1) is 23.9. The van der Waals surface area contributed by atoms with E-state index in [-0.39, 0.29) is 17.0 Å². The third kappa shape index (κ3) is 4.56. The summed E-state index contributed by atoms with van der Waals surface area (Å²) in [5.41, 5.74) is 11.3. The van der Waals surface area contributed by atoms with Crippen LogP contribution < -0.4 is 16.5 Å². The zero-order valence-electron chi connectivity index (χ0n) is 20.6. The normalized spacial score (nSPS) is 12.0. The van der Waals surface area contributed by atoms with Gasteiger partial charge in [-0.05, 0) is 68.8 Å². The lowest BCUT2D eigenvalue weighted by Gasteiger charge is -2.19. The Morgan fingerprint density at radius 1 is 1.08 bits per heavy atom. The zero-order valence-corrected chi connectivity index (χ0v) is 20.6. The molecule has 5 rings (SSSR count). The Morgan fingerprint density at radius 2 is 1.81 bits per heavy atom. The molecular formula is C29H26N4O4. The third-order valence-corrected chi connectivity index (χ3v) is 6.32. The maximum atomic E-state index is 13.2. The second-order valence-electron chi connectivity index (χ2n) is 9.09. The van der Waals surface area contributed by atoms with E-state index in [0.29, 0.717) is 39.4 Å². The lowest BCUT2D eigenvalue weighted by atomic mass is 10.00. The van der Waals surface area contributed by atoms with E-state index in [2.05, 4.69) is 10.4 Å². The van der Waals surface area contributed by atoms with Gasteiger partial charge in [-0.2, -0.15) is 5.10 Å². The van der Waals surface area contributed by atoms with Crippen molar-refractivity contribution < 1.29 is 14.3 Å². The molecule has 0 aliphatic rings. The highest BCUT2D eigenvalue weighted by molar-refractivity contribution is 5.94. The summed E-state index contributed by atoms with van der Waals surface area (Å²) in [7, 11) is 0. The van der Waals surface area contributed by atoms with Crippen molar-refractivity contribution in [1.29, 1.82) is 0 Å². The number of rotatable bonds is 6. The molecule has 0 radical (unpaired) electrons. The number of hydrogen-bond donors (Lipinski definition) is 3. The average Bonchev–Trinajstić information content (AvgIpc) is 3.26. The zero-order chi connectivity index (χ0) is 26.3. The summed E-state index contributed by atoms with van der Waals surface area (Å²) in [6, 6.07) is 18.9. The summed E-state index contributed by atoms with van der Waals surface area (Å²) in [6.45, 7) is 5.68. The quantitative estimate of drug-likeness (QED) is 0.258. The second-order valence-corrected chi connectivity index (χ2v) is 9.09. The van der Waals surface area contributed by atoms with Gasteiger partial charge >= 0.3 is 5.97 Å². The number of hydrogen-bond acceptors (Lipinski definition) is 6. The highest BCUT2D eigenvalue weighted by Crippen LogP contribution is 2.32.